The van der Waals surface area contributed by atoms with Crippen LogP contribution in [0.4, 0.5) is 18.3 Å². The Kier molecular flexibility index (Phi) is 6.12. The lowest BCUT2D eigenvalue weighted by atomic mass is 10.1. The van der Waals surface area contributed by atoms with Gasteiger partial charge in [0.25, 0.3) is 0 Å². The summed E-state index contributed by atoms with van der Waals surface area (Å²) in [5, 5.41) is 10.8. The molecule has 1 heterocycles. The molecule has 0 saturated heterocycles. The van der Waals surface area contributed by atoms with E-state index in [2.05, 4.69) is 15.5 Å². The van der Waals surface area contributed by atoms with Crippen LogP contribution in [0.15, 0.2) is 58.9 Å². The van der Waals surface area contributed by atoms with E-state index >= 15 is 0 Å². The van der Waals surface area contributed by atoms with E-state index in [1.807, 2.05) is 30.3 Å². The Morgan fingerprint density at radius 3 is 2.48 bits per heavy atom. The average molecular weight is 409 g/mol. The molecule has 3 aromatic rings. The van der Waals surface area contributed by atoms with Gasteiger partial charge >= 0.3 is 6.18 Å². The highest BCUT2D eigenvalue weighted by Crippen LogP contribution is 2.35. The van der Waals surface area contributed by atoms with E-state index in [0.717, 1.165) is 34.7 Å². The first-order valence-corrected chi connectivity index (χ1v) is 9.67. The smallest absolute Gasteiger partial charge is 0.300 e. The van der Waals surface area contributed by atoms with E-state index in [9.17, 15) is 18.0 Å². The second-order valence-corrected chi connectivity index (χ2v) is 7.73. The molecule has 0 saturated carbocycles. The fraction of sp³-hybridized carbons (Fsp3) is 0.167. The second-order valence-electron chi connectivity index (χ2n) is 5.53. The van der Waals surface area contributed by atoms with Gasteiger partial charge in [-0.05, 0) is 17.2 Å². The summed E-state index contributed by atoms with van der Waals surface area (Å²) >= 11 is 2.28. The molecule has 4 nitrogen and oxygen atoms in total. The summed E-state index contributed by atoms with van der Waals surface area (Å²) in [4.78, 5) is 12.0. The molecule has 9 heteroatoms. The number of thioether (sulfide) groups is 1. The number of halogens is 3. The van der Waals surface area contributed by atoms with Crippen molar-refractivity contribution in [2.75, 3.05) is 5.32 Å². The number of rotatable bonds is 6. The SMILES string of the molecule is O=C(Cc1ccccc1)Nc1nnc(SCc2ccccc2C(F)(F)F)s1. The molecule has 0 aliphatic rings. The summed E-state index contributed by atoms with van der Waals surface area (Å²) in [6.07, 6.45) is -4.18. The van der Waals surface area contributed by atoms with Gasteiger partial charge in [-0.1, -0.05) is 71.6 Å². The maximum atomic E-state index is 13.0. The van der Waals surface area contributed by atoms with Crippen molar-refractivity contribution in [2.45, 2.75) is 22.7 Å². The summed E-state index contributed by atoms with van der Waals surface area (Å²) < 4.78 is 39.5. The van der Waals surface area contributed by atoms with Crippen molar-refractivity contribution in [3.8, 4) is 0 Å². The highest BCUT2D eigenvalue weighted by molar-refractivity contribution is 8.00. The minimum atomic E-state index is -4.39. The van der Waals surface area contributed by atoms with Crippen LogP contribution in [0.1, 0.15) is 16.7 Å². The lowest BCUT2D eigenvalue weighted by Gasteiger charge is -2.11. The van der Waals surface area contributed by atoms with Crippen LogP contribution in [0.25, 0.3) is 0 Å². The topological polar surface area (TPSA) is 54.9 Å². The van der Waals surface area contributed by atoms with Crippen molar-refractivity contribution in [3.63, 3.8) is 0 Å². The quantitative estimate of drug-likeness (QED) is 0.458. The molecule has 3 rings (SSSR count). The van der Waals surface area contributed by atoms with Gasteiger partial charge in [0.2, 0.25) is 11.0 Å². The molecule has 0 aliphatic heterocycles. The largest absolute Gasteiger partial charge is 0.416 e. The van der Waals surface area contributed by atoms with Gasteiger partial charge < -0.3 is 5.32 Å². The molecule has 1 N–H and O–H groups in total. The van der Waals surface area contributed by atoms with E-state index < -0.39 is 11.7 Å². The Labute approximate surface area is 161 Å². The zero-order valence-corrected chi connectivity index (χ0v) is 15.5. The van der Waals surface area contributed by atoms with Crippen LogP contribution in [0.2, 0.25) is 0 Å². The number of nitrogens with zero attached hydrogens (tertiary/aromatic N) is 2. The van der Waals surface area contributed by atoms with E-state index in [4.69, 9.17) is 0 Å². The standard InChI is InChI=1S/C18H14F3N3OS2/c19-18(20,21)14-9-5-4-8-13(14)11-26-17-24-23-16(27-17)22-15(25)10-12-6-2-1-3-7-12/h1-9H,10-11H2,(H,22,23,25). The second kappa shape index (κ2) is 8.53. The Morgan fingerprint density at radius 2 is 1.74 bits per heavy atom. The third-order valence-corrected chi connectivity index (χ3v) is 5.56. The Hall–Kier alpha value is -2.39. The van der Waals surface area contributed by atoms with Crippen molar-refractivity contribution in [2.24, 2.45) is 0 Å². The number of benzene rings is 2. The van der Waals surface area contributed by atoms with Crippen LogP contribution in [-0.2, 0) is 23.1 Å². The van der Waals surface area contributed by atoms with Crippen molar-refractivity contribution >= 4 is 34.1 Å². The van der Waals surface area contributed by atoms with Gasteiger partial charge in [-0.25, -0.2) is 0 Å². The highest BCUT2D eigenvalue weighted by Gasteiger charge is 2.32. The third-order valence-electron chi connectivity index (χ3n) is 3.53. The summed E-state index contributed by atoms with van der Waals surface area (Å²) in [6.45, 7) is 0. The van der Waals surface area contributed by atoms with E-state index in [0.29, 0.717) is 9.47 Å². The van der Waals surface area contributed by atoms with Gasteiger partial charge in [0, 0.05) is 5.75 Å². The minimum absolute atomic E-state index is 0.113. The number of nitrogens with one attached hydrogen (secondary N) is 1. The number of anilines is 1. The Bertz CT molecular complexity index is 913. The van der Waals surface area contributed by atoms with Gasteiger partial charge in [0.1, 0.15) is 0 Å². The van der Waals surface area contributed by atoms with E-state index in [1.54, 1.807) is 6.07 Å². The number of aromatic nitrogens is 2. The lowest BCUT2D eigenvalue weighted by Crippen LogP contribution is -2.14. The minimum Gasteiger partial charge on any atom is -0.300 e. The van der Waals surface area contributed by atoms with E-state index in [-0.39, 0.29) is 23.6 Å². The van der Waals surface area contributed by atoms with Crippen LogP contribution in [0.3, 0.4) is 0 Å². The molecule has 0 spiro atoms. The van der Waals surface area contributed by atoms with Gasteiger partial charge in [0.15, 0.2) is 4.34 Å². The van der Waals surface area contributed by atoms with Crippen molar-refractivity contribution in [1.29, 1.82) is 0 Å². The number of carbonyl (C=O) groups is 1. The summed E-state index contributed by atoms with van der Waals surface area (Å²) in [5.74, 6) is -0.112. The maximum Gasteiger partial charge on any atom is 0.416 e. The first-order valence-electron chi connectivity index (χ1n) is 7.87. The van der Waals surface area contributed by atoms with Crippen LogP contribution in [0.5, 0.6) is 0 Å². The molecule has 0 bridgehead atoms. The van der Waals surface area contributed by atoms with Crippen LogP contribution < -0.4 is 5.32 Å². The molecule has 1 amide bonds. The fourth-order valence-electron chi connectivity index (χ4n) is 2.33. The fourth-order valence-corrected chi connectivity index (χ4v) is 4.10. The Morgan fingerprint density at radius 1 is 1.04 bits per heavy atom. The van der Waals surface area contributed by atoms with Crippen LogP contribution in [0, 0.1) is 0 Å². The number of hydrogen-bond acceptors (Lipinski definition) is 5. The molecular weight excluding hydrogens is 395 g/mol. The van der Waals surface area contributed by atoms with Gasteiger partial charge in [-0.2, -0.15) is 13.2 Å². The summed E-state index contributed by atoms with van der Waals surface area (Å²) in [7, 11) is 0. The molecular formula is C18H14F3N3OS2. The predicted molar refractivity (Wildman–Crippen MR) is 99.7 cm³/mol. The van der Waals surface area contributed by atoms with Gasteiger partial charge in [0.05, 0.1) is 12.0 Å². The van der Waals surface area contributed by atoms with E-state index in [1.165, 1.54) is 12.1 Å². The molecule has 140 valence electrons. The van der Waals surface area contributed by atoms with Crippen molar-refractivity contribution in [3.05, 3.63) is 71.3 Å². The highest BCUT2D eigenvalue weighted by atomic mass is 32.2. The molecule has 27 heavy (non-hydrogen) atoms. The summed E-state index contributed by atoms with van der Waals surface area (Å²) in [6, 6.07) is 14.7. The third kappa shape index (κ3) is 5.54. The molecule has 0 fully saturated rings. The first-order chi connectivity index (χ1) is 12.9. The molecule has 0 unspecified atom stereocenters. The summed E-state index contributed by atoms with van der Waals surface area (Å²) in [5.41, 5.74) is 0.399. The Balaban J connectivity index is 1.58. The monoisotopic (exact) mass is 409 g/mol. The van der Waals surface area contributed by atoms with Gasteiger partial charge in [-0.3, -0.25) is 4.79 Å². The number of hydrogen-bond donors (Lipinski definition) is 1. The normalized spacial score (nSPS) is 11.4. The lowest BCUT2D eigenvalue weighted by molar-refractivity contribution is -0.138. The van der Waals surface area contributed by atoms with Crippen molar-refractivity contribution < 1.29 is 18.0 Å². The zero-order chi connectivity index (χ0) is 19.3. The molecule has 2 aromatic carbocycles. The number of amides is 1. The molecule has 0 aliphatic carbocycles. The van der Waals surface area contributed by atoms with Crippen LogP contribution in [-0.4, -0.2) is 16.1 Å². The number of alkyl halides is 3. The average Bonchev–Trinajstić information content (AvgIpc) is 3.07. The van der Waals surface area contributed by atoms with Crippen molar-refractivity contribution in [1.82, 2.24) is 10.2 Å². The predicted octanol–water partition coefficient (Wildman–Crippen LogP) is 5.03. The number of carbonyl (C=O) groups excluding carboxylic acids is 1. The first kappa shape index (κ1) is 19.4. The molecule has 1 aromatic heterocycles. The molecule has 0 atom stereocenters. The molecule has 0 radical (unpaired) electrons. The zero-order valence-electron chi connectivity index (χ0n) is 13.9. The van der Waals surface area contributed by atoms with Crippen LogP contribution >= 0.6 is 23.1 Å². The van der Waals surface area contributed by atoms with Gasteiger partial charge in [-0.15, -0.1) is 10.2 Å². The maximum absolute atomic E-state index is 13.0.